The average molecular weight is 325 g/mol. The Labute approximate surface area is 138 Å². The van der Waals surface area contributed by atoms with Crippen LogP contribution in [0.15, 0.2) is 48.5 Å². The molecule has 7 heteroatoms. The van der Waals surface area contributed by atoms with Gasteiger partial charge in [-0.1, -0.05) is 35.5 Å². The van der Waals surface area contributed by atoms with Gasteiger partial charge in [-0.15, -0.1) is 5.10 Å². The number of carbonyl (C=O) groups excluding carboxylic acids is 1. The normalized spacial score (nSPS) is 10.6. The monoisotopic (exact) mass is 325 g/mol. The Morgan fingerprint density at radius 3 is 2.79 bits per heavy atom. The van der Waals surface area contributed by atoms with E-state index in [2.05, 4.69) is 15.6 Å². The first-order valence-corrected chi connectivity index (χ1v) is 7.35. The van der Waals surface area contributed by atoms with E-state index in [9.17, 15) is 9.18 Å². The number of halogens is 1. The molecule has 0 bridgehead atoms. The van der Waals surface area contributed by atoms with Gasteiger partial charge in [0, 0.05) is 5.69 Å². The van der Waals surface area contributed by atoms with Crippen LogP contribution >= 0.6 is 0 Å². The highest BCUT2D eigenvalue weighted by Crippen LogP contribution is 2.16. The number of nitrogens with one attached hydrogen (secondary N) is 1. The van der Waals surface area contributed by atoms with Crippen LogP contribution in [0.4, 0.5) is 15.9 Å². The standard InChI is InChI=1S/C17H16FN5O/c1-11-5-2-3-6-12(11)10-23-16(19)15(21-22-23)17(24)20-14-8-4-7-13(18)9-14/h2-9H,10,19H2,1H3,(H,20,24). The number of nitrogens with zero attached hydrogens (tertiary/aromatic N) is 3. The molecule has 3 aromatic rings. The van der Waals surface area contributed by atoms with Gasteiger partial charge in [-0.3, -0.25) is 4.79 Å². The first-order chi connectivity index (χ1) is 11.5. The van der Waals surface area contributed by atoms with Crippen LogP contribution in [-0.4, -0.2) is 20.9 Å². The molecular formula is C17H16FN5O. The molecule has 0 spiro atoms. The maximum Gasteiger partial charge on any atom is 0.280 e. The second-order valence-corrected chi connectivity index (χ2v) is 5.37. The molecule has 1 aromatic heterocycles. The van der Waals surface area contributed by atoms with E-state index in [0.29, 0.717) is 12.2 Å². The predicted octanol–water partition coefficient (Wildman–Crippen LogP) is 2.61. The topological polar surface area (TPSA) is 85.8 Å². The Hall–Kier alpha value is -3.22. The second-order valence-electron chi connectivity index (χ2n) is 5.37. The number of benzene rings is 2. The van der Waals surface area contributed by atoms with E-state index in [1.807, 2.05) is 31.2 Å². The second kappa shape index (κ2) is 6.49. The van der Waals surface area contributed by atoms with Crippen LogP contribution in [0.5, 0.6) is 0 Å². The van der Waals surface area contributed by atoms with Gasteiger partial charge in [0.2, 0.25) is 0 Å². The number of nitrogens with two attached hydrogens (primary N) is 1. The van der Waals surface area contributed by atoms with Gasteiger partial charge in [-0.25, -0.2) is 9.07 Å². The van der Waals surface area contributed by atoms with Crippen molar-refractivity contribution in [2.24, 2.45) is 0 Å². The number of anilines is 2. The lowest BCUT2D eigenvalue weighted by atomic mass is 10.1. The summed E-state index contributed by atoms with van der Waals surface area (Å²) in [6.07, 6.45) is 0. The SMILES string of the molecule is Cc1ccccc1Cn1nnc(C(=O)Nc2cccc(F)c2)c1N. The van der Waals surface area contributed by atoms with Gasteiger partial charge in [0.05, 0.1) is 6.54 Å². The fourth-order valence-corrected chi connectivity index (χ4v) is 2.30. The molecule has 0 radical (unpaired) electrons. The maximum absolute atomic E-state index is 13.2. The van der Waals surface area contributed by atoms with Crippen molar-refractivity contribution in [1.82, 2.24) is 15.0 Å². The van der Waals surface area contributed by atoms with Crippen molar-refractivity contribution in [2.75, 3.05) is 11.1 Å². The summed E-state index contributed by atoms with van der Waals surface area (Å²) < 4.78 is 14.6. The van der Waals surface area contributed by atoms with Crippen molar-refractivity contribution in [3.63, 3.8) is 0 Å². The highest BCUT2D eigenvalue weighted by molar-refractivity contribution is 6.05. The first-order valence-electron chi connectivity index (χ1n) is 7.35. The van der Waals surface area contributed by atoms with E-state index in [4.69, 9.17) is 5.73 Å². The molecule has 1 amide bonds. The summed E-state index contributed by atoms with van der Waals surface area (Å²) in [5.74, 6) is -0.815. The van der Waals surface area contributed by atoms with Gasteiger partial charge >= 0.3 is 0 Å². The Bertz CT molecular complexity index is 890. The van der Waals surface area contributed by atoms with E-state index >= 15 is 0 Å². The molecule has 0 saturated heterocycles. The van der Waals surface area contributed by atoms with Crippen molar-refractivity contribution in [1.29, 1.82) is 0 Å². The van der Waals surface area contributed by atoms with Crippen LogP contribution in [0.3, 0.4) is 0 Å². The first kappa shape index (κ1) is 15.7. The third-order valence-electron chi connectivity index (χ3n) is 3.65. The molecule has 0 aliphatic carbocycles. The minimum atomic E-state index is -0.533. The zero-order valence-electron chi connectivity index (χ0n) is 13.0. The predicted molar refractivity (Wildman–Crippen MR) is 89.1 cm³/mol. The molecule has 1 heterocycles. The molecule has 0 fully saturated rings. The highest BCUT2D eigenvalue weighted by atomic mass is 19.1. The van der Waals surface area contributed by atoms with E-state index < -0.39 is 11.7 Å². The number of hydrogen-bond acceptors (Lipinski definition) is 4. The van der Waals surface area contributed by atoms with Crippen molar-refractivity contribution in [3.8, 4) is 0 Å². The van der Waals surface area contributed by atoms with Crippen LogP contribution in [0.25, 0.3) is 0 Å². The summed E-state index contributed by atoms with van der Waals surface area (Å²) in [7, 11) is 0. The van der Waals surface area contributed by atoms with Crippen LogP contribution in [0, 0.1) is 12.7 Å². The molecule has 0 atom stereocenters. The quantitative estimate of drug-likeness (QED) is 0.772. The van der Waals surface area contributed by atoms with Crippen LogP contribution in [0.1, 0.15) is 21.6 Å². The highest BCUT2D eigenvalue weighted by Gasteiger charge is 2.18. The molecular weight excluding hydrogens is 309 g/mol. The van der Waals surface area contributed by atoms with E-state index in [-0.39, 0.29) is 11.5 Å². The minimum Gasteiger partial charge on any atom is -0.382 e. The van der Waals surface area contributed by atoms with Crippen molar-refractivity contribution in [3.05, 3.63) is 71.2 Å². The Morgan fingerprint density at radius 1 is 1.25 bits per heavy atom. The average Bonchev–Trinajstić information content (AvgIpc) is 2.91. The van der Waals surface area contributed by atoms with Gasteiger partial charge in [0.15, 0.2) is 11.5 Å². The van der Waals surface area contributed by atoms with E-state index in [1.54, 1.807) is 6.07 Å². The third kappa shape index (κ3) is 3.24. The minimum absolute atomic E-state index is 0.00726. The number of amides is 1. The molecule has 0 unspecified atom stereocenters. The Kier molecular flexibility index (Phi) is 4.24. The number of carbonyl (C=O) groups is 1. The molecule has 0 aliphatic heterocycles. The van der Waals surface area contributed by atoms with Gasteiger partial charge in [-0.2, -0.15) is 0 Å². The fraction of sp³-hybridized carbons (Fsp3) is 0.118. The molecule has 0 aliphatic rings. The van der Waals surface area contributed by atoms with Gasteiger partial charge in [0.1, 0.15) is 5.82 Å². The number of aryl methyl sites for hydroxylation is 1. The summed E-state index contributed by atoms with van der Waals surface area (Å²) in [4.78, 5) is 12.2. The van der Waals surface area contributed by atoms with Crippen molar-refractivity contribution < 1.29 is 9.18 Å². The largest absolute Gasteiger partial charge is 0.382 e. The zero-order valence-corrected chi connectivity index (χ0v) is 13.0. The summed E-state index contributed by atoms with van der Waals surface area (Å²) in [5, 5.41) is 10.3. The molecule has 2 aromatic carbocycles. The smallest absolute Gasteiger partial charge is 0.280 e. The Balaban J connectivity index is 1.79. The number of aromatic nitrogens is 3. The number of hydrogen-bond donors (Lipinski definition) is 2. The summed E-state index contributed by atoms with van der Waals surface area (Å²) >= 11 is 0. The lowest BCUT2D eigenvalue weighted by Crippen LogP contribution is -2.15. The van der Waals surface area contributed by atoms with Crippen LogP contribution < -0.4 is 11.1 Å². The van der Waals surface area contributed by atoms with E-state index in [1.165, 1.54) is 22.9 Å². The zero-order chi connectivity index (χ0) is 17.1. The third-order valence-corrected chi connectivity index (χ3v) is 3.65. The number of nitrogen functional groups attached to an aromatic ring is 1. The number of rotatable bonds is 4. The van der Waals surface area contributed by atoms with Crippen molar-refractivity contribution in [2.45, 2.75) is 13.5 Å². The fourth-order valence-electron chi connectivity index (χ4n) is 2.30. The summed E-state index contributed by atoms with van der Waals surface area (Å²) in [5.41, 5.74) is 8.45. The molecule has 0 saturated carbocycles. The lowest BCUT2D eigenvalue weighted by Gasteiger charge is -2.07. The van der Waals surface area contributed by atoms with Crippen LogP contribution in [0.2, 0.25) is 0 Å². The maximum atomic E-state index is 13.2. The molecule has 6 nitrogen and oxygen atoms in total. The summed E-state index contributed by atoms with van der Waals surface area (Å²) in [6, 6.07) is 13.4. The van der Waals surface area contributed by atoms with Gasteiger partial charge < -0.3 is 11.1 Å². The van der Waals surface area contributed by atoms with E-state index in [0.717, 1.165) is 11.1 Å². The van der Waals surface area contributed by atoms with Gasteiger partial charge in [-0.05, 0) is 36.2 Å². The van der Waals surface area contributed by atoms with Crippen molar-refractivity contribution >= 4 is 17.4 Å². The molecule has 3 rings (SSSR count). The molecule has 3 N–H and O–H groups in total. The molecule has 122 valence electrons. The molecule has 24 heavy (non-hydrogen) atoms. The summed E-state index contributed by atoms with van der Waals surface area (Å²) in [6.45, 7) is 2.40. The van der Waals surface area contributed by atoms with Gasteiger partial charge in [0.25, 0.3) is 5.91 Å². The van der Waals surface area contributed by atoms with Crippen LogP contribution in [-0.2, 0) is 6.54 Å². The lowest BCUT2D eigenvalue weighted by molar-refractivity contribution is 0.102. The Morgan fingerprint density at radius 2 is 2.04 bits per heavy atom.